The smallest absolute Gasteiger partial charge is 0.308 e. The predicted octanol–water partition coefficient (Wildman–Crippen LogP) is 1.80. The van der Waals surface area contributed by atoms with Gasteiger partial charge in [0.2, 0.25) is 5.91 Å². The van der Waals surface area contributed by atoms with E-state index in [1.54, 1.807) is 4.90 Å². The van der Waals surface area contributed by atoms with Crippen LogP contribution in [0.4, 0.5) is 0 Å². The summed E-state index contributed by atoms with van der Waals surface area (Å²) >= 11 is 0. The van der Waals surface area contributed by atoms with Gasteiger partial charge in [-0.05, 0) is 37.4 Å². The Kier molecular flexibility index (Phi) is 4.96. The van der Waals surface area contributed by atoms with Gasteiger partial charge in [0, 0.05) is 26.1 Å². The number of nitrogens with zero attached hydrogens (tertiary/aromatic N) is 2. The lowest BCUT2D eigenvalue weighted by Gasteiger charge is -2.33. The maximum atomic E-state index is 11.8. The van der Waals surface area contributed by atoms with Gasteiger partial charge < -0.3 is 14.9 Å². The van der Waals surface area contributed by atoms with Crippen molar-refractivity contribution in [2.24, 2.45) is 5.92 Å². The second-order valence-corrected chi connectivity index (χ2v) is 6.61. The Balaban J connectivity index is 1.43. The molecule has 2 aliphatic heterocycles. The van der Waals surface area contributed by atoms with E-state index in [2.05, 4.69) is 35.2 Å². The van der Waals surface area contributed by atoms with Gasteiger partial charge in [0.05, 0.1) is 5.92 Å². The van der Waals surface area contributed by atoms with Crippen LogP contribution in [0, 0.1) is 5.92 Å². The van der Waals surface area contributed by atoms with Crippen molar-refractivity contribution >= 4 is 11.9 Å². The van der Waals surface area contributed by atoms with Crippen molar-refractivity contribution < 1.29 is 14.7 Å². The maximum absolute atomic E-state index is 11.8. The number of aliphatic carboxylic acids is 1. The highest BCUT2D eigenvalue weighted by Crippen LogP contribution is 2.27. The van der Waals surface area contributed by atoms with Gasteiger partial charge in [-0.2, -0.15) is 0 Å². The van der Waals surface area contributed by atoms with E-state index >= 15 is 0 Å². The zero-order chi connectivity index (χ0) is 16.2. The molecule has 2 saturated heterocycles. The minimum Gasteiger partial charge on any atom is -0.481 e. The average molecular weight is 316 g/mol. The summed E-state index contributed by atoms with van der Waals surface area (Å²) in [5, 5.41) is 9.01. The number of piperidine rings is 1. The van der Waals surface area contributed by atoms with Crippen LogP contribution in [0.2, 0.25) is 0 Å². The van der Waals surface area contributed by atoms with Gasteiger partial charge in [-0.15, -0.1) is 0 Å². The third-order valence-corrected chi connectivity index (χ3v) is 5.11. The summed E-state index contributed by atoms with van der Waals surface area (Å²) < 4.78 is 0. The fourth-order valence-electron chi connectivity index (χ4n) is 3.63. The van der Waals surface area contributed by atoms with Gasteiger partial charge in [0.15, 0.2) is 0 Å². The zero-order valence-electron chi connectivity index (χ0n) is 13.4. The first-order chi connectivity index (χ1) is 11.1. The maximum Gasteiger partial charge on any atom is 0.308 e. The van der Waals surface area contributed by atoms with Gasteiger partial charge >= 0.3 is 5.97 Å². The molecule has 0 bridgehead atoms. The molecule has 1 N–H and O–H groups in total. The van der Waals surface area contributed by atoms with Crippen LogP contribution in [-0.2, 0) is 9.59 Å². The molecular formula is C18H24N2O3. The predicted molar refractivity (Wildman–Crippen MR) is 87.2 cm³/mol. The standard InChI is InChI=1S/C18H24N2O3/c21-17-12-16(18(22)23)13-20(17)11-10-19-8-6-15(7-9-19)14-4-2-1-3-5-14/h1-5,15-16H,6-13H2,(H,22,23)/t16-/m1/s1. The lowest BCUT2D eigenvalue weighted by atomic mass is 9.89. The van der Waals surface area contributed by atoms with E-state index in [1.807, 2.05) is 0 Å². The second-order valence-electron chi connectivity index (χ2n) is 6.61. The number of hydrogen-bond acceptors (Lipinski definition) is 3. The number of likely N-dealkylation sites (tertiary alicyclic amines) is 2. The molecule has 1 aromatic carbocycles. The van der Waals surface area contributed by atoms with Crippen molar-refractivity contribution in [3.63, 3.8) is 0 Å². The summed E-state index contributed by atoms with van der Waals surface area (Å²) in [5.41, 5.74) is 1.42. The third-order valence-electron chi connectivity index (χ3n) is 5.11. The summed E-state index contributed by atoms with van der Waals surface area (Å²) in [4.78, 5) is 26.9. The molecule has 1 aromatic rings. The molecule has 5 nitrogen and oxygen atoms in total. The van der Waals surface area contributed by atoms with Gasteiger partial charge in [-0.1, -0.05) is 30.3 Å². The fraction of sp³-hybridized carbons (Fsp3) is 0.556. The molecule has 0 saturated carbocycles. The largest absolute Gasteiger partial charge is 0.481 e. The van der Waals surface area contributed by atoms with Crippen LogP contribution < -0.4 is 0 Å². The topological polar surface area (TPSA) is 60.9 Å². The fourth-order valence-corrected chi connectivity index (χ4v) is 3.63. The van der Waals surface area contributed by atoms with Crippen molar-refractivity contribution in [2.45, 2.75) is 25.2 Å². The minimum atomic E-state index is -0.857. The number of benzene rings is 1. The summed E-state index contributed by atoms with van der Waals surface area (Å²) in [6.45, 7) is 3.96. The van der Waals surface area contributed by atoms with E-state index in [1.165, 1.54) is 5.56 Å². The number of hydrogen-bond donors (Lipinski definition) is 1. The number of rotatable bonds is 5. The number of carbonyl (C=O) groups excluding carboxylic acids is 1. The van der Waals surface area contributed by atoms with Crippen LogP contribution in [0.1, 0.15) is 30.7 Å². The molecule has 3 rings (SSSR count). The molecule has 0 aromatic heterocycles. The third kappa shape index (κ3) is 3.91. The number of carbonyl (C=O) groups is 2. The summed E-state index contributed by atoms with van der Waals surface area (Å²) in [7, 11) is 0. The molecule has 1 atom stereocenters. The SMILES string of the molecule is O=C(O)[C@@H]1CC(=O)N(CCN2CCC(c3ccccc3)CC2)C1. The van der Waals surface area contributed by atoms with Crippen LogP contribution in [0.3, 0.4) is 0 Å². The number of carboxylic acid groups (broad SMARTS) is 1. The first-order valence-electron chi connectivity index (χ1n) is 8.41. The highest BCUT2D eigenvalue weighted by atomic mass is 16.4. The van der Waals surface area contributed by atoms with E-state index in [-0.39, 0.29) is 12.3 Å². The van der Waals surface area contributed by atoms with E-state index in [0.717, 1.165) is 32.5 Å². The monoisotopic (exact) mass is 316 g/mol. The van der Waals surface area contributed by atoms with Crippen molar-refractivity contribution in [1.82, 2.24) is 9.80 Å². The van der Waals surface area contributed by atoms with E-state index in [0.29, 0.717) is 19.0 Å². The summed E-state index contributed by atoms with van der Waals surface area (Å²) in [5.74, 6) is -0.760. The summed E-state index contributed by atoms with van der Waals surface area (Å²) in [6, 6.07) is 10.7. The molecule has 0 unspecified atom stereocenters. The van der Waals surface area contributed by atoms with Crippen LogP contribution in [0.5, 0.6) is 0 Å². The lowest BCUT2D eigenvalue weighted by Crippen LogP contribution is -2.40. The molecule has 2 fully saturated rings. The molecule has 23 heavy (non-hydrogen) atoms. The van der Waals surface area contributed by atoms with Gasteiger partial charge in [0.1, 0.15) is 0 Å². The Hall–Kier alpha value is -1.88. The van der Waals surface area contributed by atoms with E-state index in [4.69, 9.17) is 5.11 Å². The molecule has 124 valence electrons. The molecule has 2 aliphatic rings. The van der Waals surface area contributed by atoms with Crippen molar-refractivity contribution in [3.8, 4) is 0 Å². The second kappa shape index (κ2) is 7.13. The molecule has 1 amide bonds. The molecule has 0 radical (unpaired) electrons. The molecule has 2 heterocycles. The van der Waals surface area contributed by atoms with Crippen molar-refractivity contribution in [3.05, 3.63) is 35.9 Å². The number of amides is 1. The van der Waals surface area contributed by atoms with Gasteiger partial charge in [-0.3, -0.25) is 9.59 Å². The normalized spacial score (nSPS) is 23.4. The Morgan fingerprint density at radius 2 is 1.83 bits per heavy atom. The first-order valence-corrected chi connectivity index (χ1v) is 8.41. The van der Waals surface area contributed by atoms with Crippen LogP contribution in [0.15, 0.2) is 30.3 Å². The minimum absolute atomic E-state index is 0.0171. The number of carboxylic acids is 1. The summed E-state index contributed by atoms with van der Waals surface area (Å²) in [6.07, 6.45) is 2.46. The van der Waals surface area contributed by atoms with Gasteiger partial charge in [-0.25, -0.2) is 0 Å². The molecule has 0 spiro atoms. The Labute approximate surface area is 136 Å². The lowest BCUT2D eigenvalue weighted by molar-refractivity contribution is -0.141. The Morgan fingerprint density at radius 1 is 1.13 bits per heavy atom. The first kappa shape index (κ1) is 16.0. The van der Waals surface area contributed by atoms with Crippen LogP contribution in [0.25, 0.3) is 0 Å². The quantitative estimate of drug-likeness (QED) is 0.900. The molecular weight excluding hydrogens is 292 g/mol. The average Bonchev–Trinajstić information content (AvgIpc) is 2.96. The van der Waals surface area contributed by atoms with E-state index in [9.17, 15) is 9.59 Å². The highest BCUT2D eigenvalue weighted by molar-refractivity contribution is 5.86. The van der Waals surface area contributed by atoms with Crippen molar-refractivity contribution in [2.75, 3.05) is 32.7 Å². The highest BCUT2D eigenvalue weighted by Gasteiger charge is 2.34. The Morgan fingerprint density at radius 3 is 2.43 bits per heavy atom. The van der Waals surface area contributed by atoms with Crippen molar-refractivity contribution in [1.29, 1.82) is 0 Å². The van der Waals surface area contributed by atoms with Crippen LogP contribution >= 0.6 is 0 Å². The zero-order valence-corrected chi connectivity index (χ0v) is 13.4. The van der Waals surface area contributed by atoms with Crippen LogP contribution in [-0.4, -0.2) is 59.5 Å². The molecule has 0 aliphatic carbocycles. The van der Waals surface area contributed by atoms with E-state index < -0.39 is 11.9 Å². The molecule has 5 heteroatoms. The van der Waals surface area contributed by atoms with Gasteiger partial charge in [0.25, 0.3) is 0 Å². The Bertz CT molecular complexity index is 553.